The van der Waals surface area contributed by atoms with Gasteiger partial charge in [0.15, 0.2) is 0 Å². The predicted molar refractivity (Wildman–Crippen MR) is 129 cm³/mol. The Labute approximate surface area is 211 Å². The molecule has 1 aliphatic rings. The molecule has 192 valence electrons. The van der Waals surface area contributed by atoms with E-state index in [1.165, 1.54) is 30.1 Å². The van der Waals surface area contributed by atoms with Crippen LogP contribution in [0.2, 0.25) is 0 Å². The van der Waals surface area contributed by atoms with E-state index in [0.717, 1.165) is 0 Å². The maximum Gasteiger partial charge on any atom is 0.338 e. The minimum absolute atomic E-state index is 0.0560. The summed E-state index contributed by atoms with van der Waals surface area (Å²) in [7, 11) is 1.43. The summed E-state index contributed by atoms with van der Waals surface area (Å²) in [5, 5.41) is 24.8. The van der Waals surface area contributed by atoms with Gasteiger partial charge in [-0.2, -0.15) is 0 Å². The van der Waals surface area contributed by atoms with Gasteiger partial charge in [-0.1, -0.05) is 17.3 Å². The standard InChI is InChI=1S/C24H24N6O7/c1-4-36-23(31)21-14(2)25-24(32)26-22(21)15-5-7-17(8-6-15)37-13-16-12-29(28-27-16)19-10-9-18(35-3)11-20(19)30(33)34/h5-12,22H,4,13H2,1-3H3,(H2,25,26,32). The van der Waals surface area contributed by atoms with Gasteiger partial charge in [0.2, 0.25) is 0 Å². The monoisotopic (exact) mass is 508 g/mol. The molecule has 0 aliphatic carbocycles. The summed E-state index contributed by atoms with van der Waals surface area (Å²) in [5.74, 6) is 0.344. The van der Waals surface area contributed by atoms with Crippen molar-refractivity contribution in [3.63, 3.8) is 0 Å². The van der Waals surface area contributed by atoms with Crippen LogP contribution in [0.25, 0.3) is 5.69 Å². The number of methoxy groups -OCH3 is 1. The van der Waals surface area contributed by atoms with Crippen LogP contribution < -0.4 is 20.1 Å². The number of allylic oxidation sites excluding steroid dienone is 1. The lowest BCUT2D eigenvalue weighted by molar-refractivity contribution is -0.384. The first-order chi connectivity index (χ1) is 17.8. The molecule has 4 rings (SSSR count). The Morgan fingerprint density at radius 2 is 1.92 bits per heavy atom. The molecule has 37 heavy (non-hydrogen) atoms. The molecule has 2 N–H and O–H groups in total. The van der Waals surface area contributed by atoms with Crippen molar-refractivity contribution >= 4 is 17.7 Å². The fourth-order valence-electron chi connectivity index (χ4n) is 3.79. The fraction of sp³-hybridized carbons (Fsp3) is 0.250. The van der Waals surface area contributed by atoms with E-state index in [9.17, 15) is 19.7 Å². The number of aromatic nitrogens is 3. The van der Waals surface area contributed by atoms with Crippen LogP contribution in [-0.4, -0.2) is 45.6 Å². The third-order valence-electron chi connectivity index (χ3n) is 5.53. The molecule has 0 spiro atoms. The first-order valence-corrected chi connectivity index (χ1v) is 11.2. The Bertz CT molecular complexity index is 1370. The van der Waals surface area contributed by atoms with Gasteiger partial charge in [-0.25, -0.2) is 14.3 Å². The second-order valence-electron chi connectivity index (χ2n) is 7.91. The molecule has 0 bridgehead atoms. The average Bonchev–Trinajstić information content (AvgIpc) is 3.36. The average molecular weight is 508 g/mol. The quantitative estimate of drug-likeness (QED) is 0.252. The molecule has 1 unspecified atom stereocenters. The zero-order valence-electron chi connectivity index (χ0n) is 20.3. The van der Waals surface area contributed by atoms with Crippen molar-refractivity contribution in [1.29, 1.82) is 0 Å². The molecule has 13 nitrogen and oxygen atoms in total. The zero-order chi connectivity index (χ0) is 26.5. The summed E-state index contributed by atoms with van der Waals surface area (Å²) in [6.07, 6.45) is 1.53. The topological polar surface area (TPSA) is 160 Å². The summed E-state index contributed by atoms with van der Waals surface area (Å²) >= 11 is 0. The number of nitro benzene ring substituents is 1. The number of benzene rings is 2. The number of hydrogen-bond acceptors (Lipinski definition) is 9. The van der Waals surface area contributed by atoms with Crippen molar-refractivity contribution in [2.75, 3.05) is 13.7 Å². The van der Waals surface area contributed by atoms with Crippen molar-refractivity contribution < 1.29 is 28.7 Å². The van der Waals surface area contributed by atoms with E-state index < -0.39 is 23.0 Å². The number of ether oxygens (including phenoxy) is 3. The SMILES string of the molecule is CCOC(=O)C1=C(C)NC(=O)NC1c1ccc(OCc2cn(-c3ccc(OC)cc3[N+](=O)[O-])nn2)cc1. The third-order valence-corrected chi connectivity index (χ3v) is 5.53. The molecule has 0 saturated heterocycles. The Hall–Kier alpha value is -4.94. The number of urea groups is 1. The van der Waals surface area contributed by atoms with E-state index in [1.807, 2.05) is 0 Å². The van der Waals surface area contributed by atoms with Crippen LogP contribution in [0, 0.1) is 10.1 Å². The van der Waals surface area contributed by atoms with Crippen LogP contribution in [0.5, 0.6) is 11.5 Å². The number of amides is 2. The molecule has 1 aliphatic heterocycles. The number of esters is 1. The van der Waals surface area contributed by atoms with Crippen molar-refractivity contribution in [3.05, 3.63) is 81.3 Å². The number of carbonyl (C=O) groups is 2. The minimum Gasteiger partial charge on any atom is -0.496 e. The molecule has 1 aromatic heterocycles. The molecular formula is C24H24N6O7. The van der Waals surface area contributed by atoms with E-state index in [2.05, 4.69) is 20.9 Å². The van der Waals surface area contributed by atoms with Gasteiger partial charge < -0.3 is 24.8 Å². The van der Waals surface area contributed by atoms with Gasteiger partial charge in [-0.15, -0.1) is 5.10 Å². The van der Waals surface area contributed by atoms with Crippen LogP contribution in [0.15, 0.2) is 59.9 Å². The summed E-state index contributed by atoms with van der Waals surface area (Å²) in [4.78, 5) is 35.4. The second-order valence-corrected chi connectivity index (χ2v) is 7.91. The summed E-state index contributed by atoms with van der Waals surface area (Å²) in [6.45, 7) is 3.61. The lowest BCUT2D eigenvalue weighted by atomic mass is 9.95. The molecule has 2 aromatic carbocycles. The van der Waals surface area contributed by atoms with Crippen LogP contribution in [0.3, 0.4) is 0 Å². The van der Waals surface area contributed by atoms with E-state index in [-0.39, 0.29) is 24.6 Å². The predicted octanol–water partition coefficient (Wildman–Crippen LogP) is 2.95. The highest BCUT2D eigenvalue weighted by Crippen LogP contribution is 2.30. The summed E-state index contributed by atoms with van der Waals surface area (Å²) in [5.41, 5.74) is 1.92. The van der Waals surface area contributed by atoms with Crippen LogP contribution in [0.4, 0.5) is 10.5 Å². The van der Waals surface area contributed by atoms with Gasteiger partial charge in [0, 0.05) is 5.70 Å². The Kier molecular flexibility index (Phi) is 7.32. The molecule has 2 heterocycles. The van der Waals surface area contributed by atoms with Crippen molar-refractivity contribution in [3.8, 4) is 17.2 Å². The van der Waals surface area contributed by atoms with E-state index in [1.54, 1.807) is 44.2 Å². The number of nitrogens with one attached hydrogen (secondary N) is 2. The van der Waals surface area contributed by atoms with Gasteiger partial charge in [0.05, 0.1) is 42.5 Å². The first kappa shape index (κ1) is 25.2. The highest BCUT2D eigenvalue weighted by Gasteiger charge is 2.32. The largest absolute Gasteiger partial charge is 0.496 e. The van der Waals surface area contributed by atoms with Gasteiger partial charge in [-0.3, -0.25) is 10.1 Å². The van der Waals surface area contributed by atoms with Gasteiger partial charge in [-0.05, 0) is 43.7 Å². The number of hydrogen-bond donors (Lipinski definition) is 2. The molecule has 0 saturated carbocycles. The highest BCUT2D eigenvalue weighted by atomic mass is 16.6. The zero-order valence-corrected chi connectivity index (χ0v) is 20.3. The van der Waals surface area contributed by atoms with E-state index in [4.69, 9.17) is 14.2 Å². The van der Waals surface area contributed by atoms with E-state index >= 15 is 0 Å². The van der Waals surface area contributed by atoms with E-state index in [0.29, 0.717) is 34.0 Å². The number of nitro groups is 1. The van der Waals surface area contributed by atoms with Gasteiger partial charge in [0.25, 0.3) is 5.69 Å². The molecule has 13 heteroatoms. The van der Waals surface area contributed by atoms with Gasteiger partial charge >= 0.3 is 12.0 Å². The van der Waals surface area contributed by atoms with Crippen LogP contribution in [-0.2, 0) is 16.1 Å². The lowest BCUT2D eigenvalue weighted by Gasteiger charge is -2.28. The molecule has 3 aromatic rings. The van der Waals surface area contributed by atoms with Gasteiger partial charge in [0.1, 0.15) is 29.5 Å². The van der Waals surface area contributed by atoms with Crippen LogP contribution >= 0.6 is 0 Å². The summed E-state index contributed by atoms with van der Waals surface area (Å²) < 4.78 is 17.3. The smallest absolute Gasteiger partial charge is 0.338 e. The fourth-order valence-corrected chi connectivity index (χ4v) is 3.79. The summed E-state index contributed by atoms with van der Waals surface area (Å²) in [6, 6.07) is 10.2. The maximum absolute atomic E-state index is 12.5. The maximum atomic E-state index is 12.5. The highest BCUT2D eigenvalue weighted by molar-refractivity contribution is 5.95. The van der Waals surface area contributed by atoms with Crippen molar-refractivity contribution in [2.45, 2.75) is 26.5 Å². The number of carbonyl (C=O) groups excluding carboxylic acids is 2. The normalized spacial score (nSPS) is 15.0. The molecule has 2 amide bonds. The second kappa shape index (κ2) is 10.8. The number of nitrogens with zero attached hydrogens (tertiary/aromatic N) is 4. The Morgan fingerprint density at radius 1 is 1.19 bits per heavy atom. The lowest BCUT2D eigenvalue weighted by Crippen LogP contribution is -2.45. The molecular weight excluding hydrogens is 484 g/mol. The van der Waals surface area contributed by atoms with Crippen molar-refractivity contribution in [2.24, 2.45) is 0 Å². The number of rotatable bonds is 9. The Morgan fingerprint density at radius 3 is 2.59 bits per heavy atom. The molecule has 1 atom stereocenters. The third kappa shape index (κ3) is 5.50. The minimum atomic E-state index is -0.679. The molecule has 0 fully saturated rings. The Balaban J connectivity index is 1.47. The van der Waals surface area contributed by atoms with Crippen molar-refractivity contribution in [1.82, 2.24) is 25.6 Å². The molecule has 0 radical (unpaired) electrons. The first-order valence-electron chi connectivity index (χ1n) is 11.2. The van der Waals surface area contributed by atoms with Crippen LogP contribution in [0.1, 0.15) is 31.1 Å².